The lowest BCUT2D eigenvalue weighted by molar-refractivity contribution is 0.599. The Balaban J connectivity index is 2.06. The molecule has 0 aliphatic rings. The molecule has 0 saturated heterocycles. The van der Waals surface area contributed by atoms with Gasteiger partial charge in [0, 0.05) is 6.54 Å². The van der Waals surface area contributed by atoms with E-state index in [9.17, 15) is 13.2 Å². The van der Waals surface area contributed by atoms with Gasteiger partial charge >= 0.3 is 4.87 Å². The average molecular weight is 405 g/mol. The predicted octanol–water partition coefficient (Wildman–Crippen LogP) is 4.51. The molecular weight excluding hydrogens is 380 g/mol. The fourth-order valence-corrected chi connectivity index (χ4v) is 5.98. The van der Waals surface area contributed by atoms with Crippen LogP contribution in [0.3, 0.4) is 0 Å². The molecular formula is C20H24N2O3S2. The van der Waals surface area contributed by atoms with Crippen LogP contribution in [0.2, 0.25) is 0 Å². The third-order valence-electron chi connectivity index (χ3n) is 4.93. The highest BCUT2D eigenvalue weighted by Crippen LogP contribution is 2.29. The van der Waals surface area contributed by atoms with Gasteiger partial charge in [0.25, 0.3) is 10.0 Å². The largest absolute Gasteiger partial charge is 0.308 e. The van der Waals surface area contributed by atoms with Crippen molar-refractivity contribution >= 4 is 37.3 Å². The Morgan fingerprint density at radius 3 is 2.26 bits per heavy atom. The fraction of sp³-hybridized carbons (Fsp3) is 0.350. The molecule has 0 aliphatic heterocycles. The van der Waals surface area contributed by atoms with Crippen molar-refractivity contribution in [1.82, 2.24) is 4.57 Å². The maximum atomic E-state index is 13.1. The topological polar surface area (TPSA) is 68.2 Å². The molecule has 2 aromatic carbocycles. The number of aromatic nitrogens is 1. The highest BCUT2D eigenvalue weighted by atomic mass is 32.2. The SMILES string of the molecule is CCCn1c(=O)sc2cc(NS(=O)(=O)c3c(C)c(C)cc(C)c3C)ccc21. The Morgan fingerprint density at radius 1 is 1.04 bits per heavy atom. The summed E-state index contributed by atoms with van der Waals surface area (Å²) in [4.78, 5) is 12.5. The first-order valence-electron chi connectivity index (χ1n) is 8.89. The summed E-state index contributed by atoms with van der Waals surface area (Å²) in [6.45, 7) is 10.2. The van der Waals surface area contributed by atoms with E-state index in [4.69, 9.17) is 0 Å². The standard InChI is InChI=1S/C20H24N2O3S2/c1-6-9-22-17-8-7-16(11-18(17)26-20(22)23)21-27(24,25)19-14(4)12(2)10-13(3)15(19)5/h7-8,10-11,21H,6,9H2,1-5H3. The highest BCUT2D eigenvalue weighted by Gasteiger charge is 2.22. The second kappa shape index (κ2) is 7.13. The first-order chi connectivity index (χ1) is 12.7. The van der Waals surface area contributed by atoms with E-state index in [1.807, 2.05) is 46.8 Å². The van der Waals surface area contributed by atoms with Gasteiger partial charge < -0.3 is 0 Å². The lowest BCUT2D eigenvalue weighted by Gasteiger charge is -2.16. The lowest BCUT2D eigenvalue weighted by Crippen LogP contribution is -2.17. The summed E-state index contributed by atoms with van der Waals surface area (Å²) >= 11 is 1.14. The lowest BCUT2D eigenvalue weighted by atomic mass is 10.0. The number of fused-ring (bicyclic) bond motifs is 1. The zero-order valence-electron chi connectivity index (χ0n) is 16.2. The van der Waals surface area contributed by atoms with E-state index in [1.165, 1.54) is 0 Å². The van der Waals surface area contributed by atoms with Gasteiger partial charge in [-0.05, 0) is 74.6 Å². The number of benzene rings is 2. The molecule has 0 fully saturated rings. The number of anilines is 1. The second-order valence-electron chi connectivity index (χ2n) is 6.90. The minimum Gasteiger partial charge on any atom is -0.299 e. The molecule has 27 heavy (non-hydrogen) atoms. The van der Waals surface area contributed by atoms with Gasteiger partial charge in [0.1, 0.15) is 0 Å². The summed E-state index contributed by atoms with van der Waals surface area (Å²) in [6.07, 6.45) is 0.866. The molecule has 5 nitrogen and oxygen atoms in total. The molecule has 3 rings (SSSR count). The molecule has 144 valence electrons. The van der Waals surface area contributed by atoms with Crippen LogP contribution in [0.25, 0.3) is 10.2 Å². The Bertz CT molecular complexity index is 1160. The molecule has 1 heterocycles. The first-order valence-corrected chi connectivity index (χ1v) is 11.2. The molecule has 0 saturated carbocycles. The van der Waals surface area contributed by atoms with Crippen LogP contribution in [0.15, 0.2) is 34.0 Å². The zero-order chi connectivity index (χ0) is 19.9. The normalized spacial score (nSPS) is 11.9. The monoisotopic (exact) mass is 404 g/mol. The maximum absolute atomic E-state index is 13.1. The van der Waals surface area contributed by atoms with Crippen LogP contribution < -0.4 is 9.60 Å². The second-order valence-corrected chi connectivity index (χ2v) is 9.51. The van der Waals surface area contributed by atoms with Gasteiger partial charge in [0.15, 0.2) is 0 Å². The molecule has 1 N–H and O–H groups in total. The quantitative estimate of drug-likeness (QED) is 0.680. The van der Waals surface area contributed by atoms with Gasteiger partial charge in [-0.25, -0.2) is 8.42 Å². The zero-order valence-corrected chi connectivity index (χ0v) is 17.8. The van der Waals surface area contributed by atoms with Crippen LogP contribution in [0.1, 0.15) is 35.6 Å². The number of rotatable bonds is 5. The van der Waals surface area contributed by atoms with Crippen molar-refractivity contribution in [3.8, 4) is 0 Å². The summed E-state index contributed by atoms with van der Waals surface area (Å²) in [5.41, 5.74) is 4.71. The molecule has 0 unspecified atom stereocenters. The van der Waals surface area contributed by atoms with Crippen LogP contribution in [0.5, 0.6) is 0 Å². The number of nitrogens with zero attached hydrogens (tertiary/aromatic N) is 1. The summed E-state index contributed by atoms with van der Waals surface area (Å²) in [6, 6.07) is 7.26. The number of hydrogen-bond acceptors (Lipinski definition) is 4. The van der Waals surface area contributed by atoms with Gasteiger partial charge in [-0.15, -0.1) is 0 Å². The predicted molar refractivity (Wildman–Crippen MR) is 113 cm³/mol. The van der Waals surface area contributed by atoms with Gasteiger partial charge in [0.05, 0.1) is 20.8 Å². The van der Waals surface area contributed by atoms with Gasteiger partial charge in [-0.3, -0.25) is 14.1 Å². The van der Waals surface area contributed by atoms with E-state index in [0.717, 1.165) is 50.2 Å². The Labute approximate surface area is 163 Å². The summed E-state index contributed by atoms with van der Waals surface area (Å²) in [5.74, 6) is 0. The van der Waals surface area contributed by atoms with Crippen LogP contribution in [-0.4, -0.2) is 13.0 Å². The van der Waals surface area contributed by atoms with E-state index in [-0.39, 0.29) is 4.87 Å². The number of aryl methyl sites for hydroxylation is 3. The van der Waals surface area contributed by atoms with E-state index in [2.05, 4.69) is 4.72 Å². The van der Waals surface area contributed by atoms with E-state index in [1.54, 1.807) is 16.7 Å². The molecule has 7 heteroatoms. The summed E-state index contributed by atoms with van der Waals surface area (Å²) in [7, 11) is -3.73. The van der Waals surface area contributed by atoms with E-state index < -0.39 is 10.0 Å². The Kier molecular flexibility index (Phi) is 5.18. The van der Waals surface area contributed by atoms with Gasteiger partial charge in [0.2, 0.25) is 0 Å². The molecule has 0 aliphatic carbocycles. The average Bonchev–Trinajstić information content (AvgIpc) is 2.88. The summed E-state index contributed by atoms with van der Waals surface area (Å²) in [5, 5.41) is 0. The number of nitrogens with one attached hydrogen (secondary N) is 1. The third kappa shape index (κ3) is 3.53. The van der Waals surface area contributed by atoms with Crippen molar-refractivity contribution in [3.63, 3.8) is 0 Å². The maximum Gasteiger partial charge on any atom is 0.308 e. The van der Waals surface area contributed by atoms with Crippen molar-refractivity contribution in [2.75, 3.05) is 4.72 Å². The summed E-state index contributed by atoms with van der Waals surface area (Å²) < 4.78 is 31.4. The molecule has 0 amide bonds. The highest BCUT2D eigenvalue weighted by molar-refractivity contribution is 7.92. The molecule has 0 bridgehead atoms. The fourth-order valence-electron chi connectivity index (χ4n) is 3.36. The smallest absolute Gasteiger partial charge is 0.299 e. The van der Waals surface area contributed by atoms with Crippen LogP contribution in [-0.2, 0) is 16.6 Å². The minimum absolute atomic E-state index is 0.0205. The number of sulfonamides is 1. The van der Waals surface area contributed by atoms with E-state index >= 15 is 0 Å². The molecule has 0 spiro atoms. The van der Waals surface area contributed by atoms with Crippen LogP contribution >= 0.6 is 11.3 Å². The molecule has 1 aromatic heterocycles. The van der Waals surface area contributed by atoms with Crippen LogP contribution in [0.4, 0.5) is 5.69 Å². The van der Waals surface area contributed by atoms with Crippen molar-refractivity contribution in [3.05, 3.63) is 56.2 Å². The van der Waals surface area contributed by atoms with Gasteiger partial charge in [-0.2, -0.15) is 0 Å². The van der Waals surface area contributed by atoms with Gasteiger partial charge in [-0.1, -0.05) is 24.3 Å². The molecule has 3 aromatic rings. The first kappa shape index (κ1) is 19.6. The number of hydrogen-bond donors (Lipinski definition) is 1. The molecule has 0 atom stereocenters. The van der Waals surface area contributed by atoms with Crippen molar-refractivity contribution in [1.29, 1.82) is 0 Å². The Hall–Kier alpha value is -2.12. The van der Waals surface area contributed by atoms with Crippen molar-refractivity contribution in [2.45, 2.75) is 52.5 Å². The van der Waals surface area contributed by atoms with Crippen LogP contribution in [0, 0.1) is 27.7 Å². The van der Waals surface area contributed by atoms with Crippen molar-refractivity contribution < 1.29 is 8.42 Å². The Morgan fingerprint density at radius 2 is 1.67 bits per heavy atom. The van der Waals surface area contributed by atoms with E-state index in [0.29, 0.717) is 17.1 Å². The minimum atomic E-state index is -3.73. The molecule has 0 radical (unpaired) electrons. The number of thiazole rings is 1. The third-order valence-corrected chi connectivity index (χ3v) is 7.53. The van der Waals surface area contributed by atoms with Crippen molar-refractivity contribution in [2.24, 2.45) is 0 Å².